The van der Waals surface area contributed by atoms with E-state index in [1.54, 1.807) is 0 Å². The molecule has 0 unspecified atom stereocenters. The van der Waals surface area contributed by atoms with E-state index in [0.717, 1.165) is 13.0 Å². The Kier molecular flexibility index (Phi) is 5.12. The first-order chi connectivity index (χ1) is 7.59. The number of rotatable bonds is 6. The standard InChI is InChI=1S/C13H18FNO/c1-10(2)15-9-3-4-13(16)11-5-7-12(14)8-6-11/h5-8,10,15H,3-4,9H2,1-2H3. The Morgan fingerprint density at radius 1 is 1.31 bits per heavy atom. The Morgan fingerprint density at radius 2 is 1.94 bits per heavy atom. The van der Waals surface area contributed by atoms with E-state index < -0.39 is 0 Å². The van der Waals surface area contributed by atoms with Crippen LogP contribution in [0.1, 0.15) is 37.0 Å². The first-order valence-electron chi connectivity index (χ1n) is 5.61. The molecule has 0 amide bonds. The fraction of sp³-hybridized carbons (Fsp3) is 0.462. The summed E-state index contributed by atoms with van der Waals surface area (Å²) in [4.78, 5) is 11.7. The van der Waals surface area contributed by atoms with Gasteiger partial charge < -0.3 is 5.32 Å². The molecule has 0 saturated heterocycles. The maximum atomic E-state index is 12.6. The molecule has 3 heteroatoms. The van der Waals surface area contributed by atoms with E-state index in [1.807, 2.05) is 0 Å². The van der Waals surface area contributed by atoms with Gasteiger partial charge in [-0.05, 0) is 37.2 Å². The number of nitrogens with one attached hydrogen (secondary N) is 1. The minimum atomic E-state index is -0.307. The highest BCUT2D eigenvalue weighted by atomic mass is 19.1. The molecule has 0 aliphatic heterocycles. The van der Waals surface area contributed by atoms with Crippen LogP contribution in [0.4, 0.5) is 4.39 Å². The fourth-order valence-corrected chi connectivity index (χ4v) is 1.42. The van der Waals surface area contributed by atoms with Crippen LogP contribution in [0.2, 0.25) is 0 Å². The second-order valence-electron chi connectivity index (χ2n) is 4.14. The van der Waals surface area contributed by atoms with E-state index in [2.05, 4.69) is 19.2 Å². The van der Waals surface area contributed by atoms with Gasteiger partial charge in [0.2, 0.25) is 0 Å². The SMILES string of the molecule is CC(C)NCCCC(=O)c1ccc(F)cc1. The molecule has 0 aliphatic carbocycles. The zero-order valence-electron chi connectivity index (χ0n) is 9.79. The molecule has 1 N–H and O–H groups in total. The smallest absolute Gasteiger partial charge is 0.162 e. The van der Waals surface area contributed by atoms with E-state index in [1.165, 1.54) is 24.3 Å². The normalized spacial score (nSPS) is 10.8. The molecule has 2 nitrogen and oxygen atoms in total. The molecule has 0 spiro atoms. The molecule has 0 bridgehead atoms. The molecule has 0 heterocycles. The van der Waals surface area contributed by atoms with E-state index in [0.29, 0.717) is 18.0 Å². The number of halogens is 1. The number of carbonyl (C=O) groups is 1. The number of Topliss-reactive ketones (excluding diaryl/α,β-unsaturated/α-hetero) is 1. The number of benzene rings is 1. The molecule has 0 atom stereocenters. The molecule has 16 heavy (non-hydrogen) atoms. The third-order valence-corrected chi connectivity index (χ3v) is 2.30. The predicted octanol–water partition coefficient (Wildman–Crippen LogP) is 2.79. The van der Waals surface area contributed by atoms with Gasteiger partial charge in [0.05, 0.1) is 0 Å². The van der Waals surface area contributed by atoms with Gasteiger partial charge in [0.1, 0.15) is 5.82 Å². The van der Waals surface area contributed by atoms with E-state index >= 15 is 0 Å². The zero-order chi connectivity index (χ0) is 12.0. The lowest BCUT2D eigenvalue weighted by atomic mass is 10.1. The highest BCUT2D eigenvalue weighted by Crippen LogP contribution is 2.06. The van der Waals surface area contributed by atoms with Crippen molar-refractivity contribution in [2.75, 3.05) is 6.54 Å². The average molecular weight is 223 g/mol. The van der Waals surface area contributed by atoms with Gasteiger partial charge in [-0.2, -0.15) is 0 Å². The molecule has 0 radical (unpaired) electrons. The summed E-state index contributed by atoms with van der Waals surface area (Å²) < 4.78 is 12.6. The Hall–Kier alpha value is -1.22. The van der Waals surface area contributed by atoms with Crippen LogP contribution in [-0.2, 0) is 0 Å². The van der Waals surface area contributed by atoms with Crippen LogP contribution in [0.25, 0.3) is 0 Å². The number of hydrogen-bond acceptors (Lipinski definition) is 2. The van der Waals surface area contributed by atoms with E-state index in [9.17, 15) is 9.18 Å². The first-order valence-corrected chi connectivity index (χ1v) is 5.61. The van der Waals surface area contributed by atoms with Crippen LogP contribution in [-0.4, -0.2) is 18.4 Å². The quantitative estimate of drug-likeness (QED) is 0.593. The van der Waals surface area contributed by atoms with Crippen molar-refractivity contribution in [1.29, 1.82) is 0 Å². The third-order valence-electron chi connectivity index (χ3n) is 2.30. The van der Waals surface area contributed by atoms with Gasteiger partial charge in [-0.3, -0.25) is 4.79 Å². The molecule has 1 aromatic rings. The summed E-state index contributed by atoms with van der Waals surface area (Å²) in [5.41, 5.74) is 0.589. The molecular formula is C13H18FNO. The first kappa shape index (κ1) is 12.8. The molecule has 0 aromatic heterocycles. The van der Waals surface area contributed by atoms with Crippen LogP contribution in [0.3, 0.4) is 0 Å². The molecule has 88 valence electrons. The largest absolute Gasteiger partial charge is 0.315 e. The zero-order valence-corrected chi connectivity index (χ0v) is 9.79. The topological polar surface area (TPSA) is 29.1 Å². The molecule has 1 rings (SSSR count). The predicted molar refractivity (Wildman–Crippen MR) is 63.1 cm³/mol. The van der Waals surface area contributed by atoms with Crippen LogP contribution in [0.15, 0.2) is 24.3 Å². The number of carbonyl (C=O) groups excluding carboxylic acids is 1. The summed E-state index contributed by atoms with van der Waals surface area (Å²) in [5, 5.41) is 3.25. The maximum absolute atomic E-state index is 12.6. The van der Waals surface area contributed by atoms with Crippen molar-refractivity contribution in [2.45, 2.75) is 32.7 Å². The van der Waals surface area contributed by atoms with Gasteiger partial charge in [0.25, 0.3) is 0 Å². The summed E-state index contributed by atoms with van der Waals surface area (Å²) in [5.74, 6) is -0.233. The van der Waals surface area contributed by atoms with E-state index in [-0.39, 0.29) is 11.6 Å². The number of ketones is 1. The lowest BCUT2D eigenvalue weighted by Crippen LogP contribution is -2.24. The summed E-state index contributed by atoms with van der Waals surface area (Å²) in [6.45, 7) is 4.98. The van der Waals surface area contributed by atoms with Crippen LogP contribution in [0, 0.1) is 5.82 Å². The Balaban J connectivity index is 2.32. The van der Waals surface area contributed by atoms with Gasteiger partial charge in [0, 0.05) is 18.0 Å². The van der Waals surface area contributed by atoms with Crippen LogP contribution in [0.5, 0.6) is 0 Å². The average Bonchev–Trinajstić information content (AvgIpc) is 2.25. The second kappa shape index (κ2) is 6.38. The van der Waals surface area contributed by atoms with Crippen molar-refractivity contribution in [1.82, 2.24) is 5.32 Å². The Morgan fingerprint density at radius 3 is 2.50 bits per heavy atom. The highest BCUT2D eigenvalue weighted by Gasteiger charge is 2.05. The Labute approximate surface area is 95.9 Å². The van der Waals surface area contributed by atoms with Crippen molar-refractivity contribution in [3.8, 4) is 0 Å². The minimum absolute atomic E-state index is 0.0746. The summed E-state index contributed by atoms with van der Waals surface area (Å²) >= 11 is 0. The van der Waals surface area contributed by atoms with Crippen molar-refractivity contribution < 1.29 is 9.18 Å². The van der Waals surface area contributed by atoms with Gasteiger partial charge in [-0.15, -0.1) is 0 Å². The maximum Gasteiger partial charge on any atom is 0.162 e. The van der Waals surface area contributed by atoms with Crippen molar-refractivity contribution in [2.24, 2.45) is 0 Å². The molecule has 1 aromatic carbocycles. The van der Waals surface area contributed by atoms with Crippen molar-refractivity contribution >= 4 is 5.78 Å². The van der Waals surface area contributed by atoms with Gasteiger partial charge >= 0.3 is 0 Å². The molecular weight excluding hydrogens is 205 g/mol. The minimum Gasteiger partial charge on any atom is -0.315 e. The highest BCUT2D eigenvalue weighted by molar-refractivity contribution is 5.95. The van der Waals surface area contributed by atoms with Gasteiger partial charge in [-0.1, -0.05) is 13.8 Å². The summed E-state index contributed by atoms with van der Waals surface area (Å²) in [6.07, 6.45) is 1.32. The lowest BCUT2D eigenvalue weighted by molar-refractivity contribution is 0.0979. The summed E-state index contributed by atoms with van der Waals surface area (Å²) in [7, 11) is 0. The lowest BCUT2D eigenvalue weighted by Gasteiger charge is -2.07. The summed E-state index contributed by atoms with van der Waals surface area (Å²) in [6, 6.07) is 6.15. The molecule has 0 saturated carbocycles. The molecule has 0 aliphatic rings. The number of hydrogen-bond donors (Lipinski definition) is 1. The third kappa shape index (κ3) is 4.53. The van der Waals surface area contributed by atoms with Gasteiger partial charge in [-0.25, -0.2) is 4.39 Å². The van der Waals surface area contributed by atoms with Crippen LogP contribution >= 0.6 is 0 Å². The van der Waals surface area contributed by atoms with Crippen LogP contribution < -0.4 is 5.32 Å². The van der Waals surface area contributed by atoms with Crippen molar-refractivity contribution in [3.05, 3.63) is 35.6 Å². The van der Waals surface area contributed by atoms with Gasteiger partial charge in [0.15, 0.2) is 5.78 Å². The second-order valence-corrected chi connectivity index (χ2v) is 4.14. The fourth-order valence-electron chi connectivity index (χ4n) is 1.42. The van der Waals surface area contributed by atoms with Crippen molar-refractivity contribution in [3.63, 3.8) is 0 Å². The molecule has 0 fully saturated rings. The van der Waals surface area contributed by atoms with E-state index in [4.69, 9.17) is 0 Å². The Bertz CT molecular complexity index is 332. The monoisotopic (exact) mass is 223 g/mol.